The fourth-order valence-corrected chi connectivity index (χ4v) is 3.05. The number of ketones is 1. The molecule has 8 heteroatoms. The van der Waals surface area contributed by atoms with Crippen molar-refractivity contribution in [2.45, 2.75) is 13.8 Å². The van der Waals surface area contributed by atoms with Gasteiger partial charge >= 0.3 is 6.09 Å². The molecule has 8 nitrogen and oxygen atoms in total. The van der Waals surface area contributed by atoms with Crippen molar-refractivity contribution in [3.63, 3.8) is 0 Å². The van der Waals surface area contributed by atoms with E-state index in [0.29, 0.717) is 49.7 Å². The predicted molar refractivity (Wildman–Crippen MR) is 109 cm³/mol. The molecule has 152 valence electrons. The maximum Gasteiger partial charge on any atom is 0.409 e. The van der Waals surface area contributed by atoms with Gasteiger partial charge in [-0.2, -0.15) is 0 Å². The summed E-state index contributed by atoms with van der Waals surface area (Å²) in [5.74, 6) is -0.345. The van der Waals surface area contributed by atoms with Gasteiger partial charge in [-0.05, 0) is 50.2 Å². The van der Waals surface area contributed by atoms with E-state index in [9.17, 15) is 14.4 Å². The summed E-state index contributed by atoms with van der Waals surface area (Å²) in [7, 11) is 0. The first-order valence-electron chi connectivity index (χ1n) is 9.53. The van der Waals surface area contributed by atoms with Crippen LogP contribution in [0.2, 0.25) is 0 Å². The lowest BCUT2D eigenvalue weighted by molar-refractivity contribution is 0.101. The van der Waals surface area contributed by atoms with Crippen LogP contribution in [0.5, 0.6) is 0 Å². The van der Waals surface area contributed by atoms with E-state index in [2.05, 4.69) is 15.2 Å². The van der Waals surface area contributed by atoms with E-state index in [-0.39, 0.29) is 17.8 Å². The van der Waals surface area contributed by atoms with Crippen LogP contribution in [0.1, 0.15) is 34.7 Å². The molecule has 2 heterocycles. The number of Topliss-reactive ketones (excluding diaryl/α,β-unsaturated/α-hetero) is 1. The van der Waals surface area contributed by atoms with Crippen LogP contribution in [0, 0.1) is 0 Å². The van der Waals surface area contributed by atoms with Gasteiger partial charge in [0.1, 0.15) is 5.69 Å². The molecule has 2 amide bonds. The van der Waals surface area contributed by atoms with Gasteiger partial charge in [-0.1, -0.05) is 0 Å². The molecule has 1 aliphatic rings. The van der Waals surface area contributed by atoms with E-state index < -0.39 is 0 Å². The molecule has 1 fully saturated rings. The molecular formula is C21H24N4O4. The lowest BCUT2D eigenvalue weighted by Gasteiger charge is -2.35. The zero-order valence-corrected chi connectivity index (χ0v) is 16.6. The fraction of sp³-hybridized carbons (Fsp3) is 0.333. The molecule has 1 aromatic heterocycles. The fourth-order valence-electron chi connectivity index (χ4n) is 3.05. The monoisotopic (exact) mass is 396 g/mol. The van der Waals surface area contributed by atoms with E-state index in [4.69, 9.17) is 4.74 Å². The second kappa shape index (κ2) is 9.18. The normalized spacial score (nSPS) is 13.7. The van der Waals surface area contributed by atoms with Gasteiger partial charge in [-0.15, -0.1) is 0 Å². The minimum Gasteiger partial charge on any atom is -0.450 e. The third kappa shape index (κ3) is 5.10. The molecule has 3 rings (SSSR count). The molecule has 0 bridgehead atoms. The van der Waals surface area contributed by atoms with Gasteiger partial charge in [-0.3, -0.25) is 9.59 Å². The van der Waals surface area contributed by atoms with E-state index in [1.54, 1.807) is 48.4 Å². The van der Waals surface area contributed by atoms with Crippen molar-refractivity contribution in [2.75, 3.05) is 43.0 Å². The quantitative estimate of drug-likeness (QED) is 0.782. The molecular weight excluding hydrogens is 372 g/mol. The Morgan fingerprint density at radius 1 is 1.03 bits per heavy atom. The summed E-state index contributed by atoms with van der Waals surface area (Å²) >= 11 is 0. The molecule has 0 atom stereocenters. The number of aromatic nitrogens is 1. The van der Waals surface area contributed by atoms with Crippen LogP contribution in [-0.2, 0) is 4.74 Å². The molecule has 1 aliphatic heterocycles. The SMILES string of the molecule is CCOC(=O)N1CCN(c2ccc(C(=O)Nc3ccc(C(C)=O)cc3)nc2)CC1. The summed E-state index contributed by atoms with van der Waals surface area (Å²) in [6, 6.07) is 10.2. The van der Waals surface area contributed by atoms with Crippen LogP contribution in [0.25, 0.3) is 0 Å². The topological polar surface area (TPSA) is 91.8 Å². The highest BCUT2D eigenvalue weighted by atomic mass is 16.6. The number of ether oxygens (including phenoxy) is 1. The second-order valence-corrected chi connectivity index (χ2v) is 6.66. The molecule has 29 heavy (non-hydrogen) atoms. The Labute approximate surface area is 169 Å². The van der Waals surface area contributed by atoms with Crippen LogP contribution >= 0.6 is 0 Å². The van der Waals surface area contributed by atoms with Crippen molar-refractivity contribution in [3.05, 3.63) is 53.9 Å². The van der Waals surface area contributed by atoms with Gasteiger partial charge in [-0.25, -0.2) is 9.78 Å². The summed E-state index contributed by atoms with van der Waals surface area (Å²) in [5, 5.41) is 2.77. The second-order valence-electron chi connectivity index (χ2n) is 6.66. The Morgan fingerprint density at radius 2 is 1.72 bits per heavy atom. The van der Waals surface area contributed by atoms with Crippen LogP contribution in [0.15, 0.2) is 42.6 Å². The lowest BCUT2D eigenvalue weighted by atomic mass is 10.1. The number of piperazine rings is 1. The van der Waals surface area contributed by atoms with E-state index in [0.717, 1.165) is 5.69 Å². The van der Waals surface area contributed by atoms with E-state index in [1.165, 1.54) is 6.92 Å². The van der Waals surface area contributed by atoms with E-state index in [1.807, 2.05) is 6.07 Å². The number of benzene rings is 1. The van der Waals surface area contributed by atoms with Crippen molar-refractivity contribution in [1.29, 1.82) is 0 Å². The minimum atomic E-state index is -0.320. The first-order valence-corrected chi connectivity index (χ1v) is 9.53. The molecule has 2 aromatic rings. The number of carbonyl (C=O) groups excluding carboxylic acids is 3. The third-order valence-corrected chi connectivity index (χ3v) is 4.70. The standard InChI is InChI=1S/C21H24N4O4/c1-3-29-21(28)25-12-10-24(11-13-25)18-8-9-19(22-14-18)20(27)23-17-6-4-16(5-7-17)15(2)26/h4-9,14H,3,10-13H2,1-2H3,(H,23,27). The van der Waals surface area contributed by atoms with Gasteiger partial charge in [0.05, 0.1) is 18.5 Å². The zero-order valence-electron chi connectivity index (χ0n) is 16.6. The zero-order chi connectivity index (χ0) is 20.8. The molecule has 1 aromatic carbocycles. The minimum absolute atomic E-state index is 0.0248. The number of nitrogens with one attached hydrogen (secondary N) is 1. The number of rotatable bonds is 5. The third-order valence-electron chi connectivity index (χ3n) is 4.70. The number of hydrogen-bond donors (Lipinski definition) is 1. The lowest BCUT2D eigenvalue weighted by Crippen LogP contribution is -2.49. The maximum atomic E-state index is 12.4. The molecule has 0 aliphatic carbocycles. The maximum absolute atomic E-state index is 12.4. The number of amides is 2. The number of pyridine rings is 1. The van der Waals surface area contributed by atoms with Gasteiger partial charge < -0.3 is 19.9 Å². The Bertz CT molecular complexity index is 873. The molecule has 1 N–H and O–H groups in total. The van der Waals surface area contributed by atoms with Gasteiger partial charge in [0.2, 0.25) is 0 Å². The van der Waals surface area contributed by atoms with Gasteiger partial charge in [0.15, 0.2) is 5.78 Å². The largest absolute Gasteiger partial charge is 0.450 e. The van der Waals surface area contributed by atoms with Crippen LogP contribution in [-0.4, -0.2) is 60.5 Å². The van der Waals surface area contributed by atoms with Crippen molar-refractivity contribution < 1.29 is 19.1 Å². The first-order chi connectivity index (χ1) is 14.0. The summed E-state index contributed by atoms with van der Waals surface area (Å²) in [6.07, 6.45) is 1.38. The smallest absolute Gasteiger partial charge is 0.409 e. The summed E-state index contributed by atoms with van der Waals surface area (Å²) in [5.41, 5.74) is 2.39. The highest BCUT2D eigenvalue weighted by molar-refractivity contribution is 6.03. The van der Waals surface area contributed by atoms with Crippen molar-refractivity contribution in [3.8, 4) is 0 Å². The first kappa shape index (κ1) is 20.3. The molecule has 0 saturated carbocycles. The molecule has 1 saturated heterocycles. The number of hydrogen-bond acceptors (Lipinski definition) is 6. The Hall–Kier alpha value is -3.42. The average molecular weight is 396 g/mol. The predicted octanol–water partition coefficient (Wildman–Crippen LogP) is 2.82. The molecule has 0 spiro atoms. The highest BCUT2D eigenvalue weighted by Gasteiger charge is 2.22. The average Bonchev–Trinajstić information content (AvgIpc) is 2.74. The summed E-state index contributed by atoms with van der Waals surface area (Å²) in [4.78, 5) is 43.5. The van der Waals surface area contributed by atoms with Crippen LogP contribution in [0.4, 0.5) is 16.2 Å². The summed E-state index contributed by atoms with van der Waals surface area (Å²) < 4.78 is 5.03. The Kier molecular flexibility index (Phi) is 6.43. The number of carbonyl (C=O) groups is 3. The van der Waals surface area contributed by atoms with Crippen molar-refractivity contribution in [2.24, 2.45) is 0 Å². The van der Waals surface area contributed by atoms with E-state index >= 15 is 0 Å². The van der Waals surface area contributed by atoms with Crippen LogP contribution < -0.4 is 10.2 Å². The number of nitrogens with zero attached hydrogens (tertiary/aromatic N) is 3. The number of anilines is 2. The molecule has 0 unspecified atom stereocenters. The highest BCUT2D eigenvalue weighted by Crippen LogP contribution is 2.17. The van der Waals surface area contributed by atoms with Gasteiger partial charge in [0, 0.05) is 37.4 Å². The van der Waals surface area contributed by atoms with Gasteiger partial charge in [0.25, 0.3) is 5.91 Å². The Balaban J connectivity index is 1.56. The molecule has 0 radical (unpaired) electrons. The summed E-state index contributed by atoms with van der Waals surface area (Å²) in [6.45, 7) is 6.17. The van der Waals surface area contributed by atoms with Crippen molar-refractivity contribution in [1.82, 2.24) is 9.88 Å². The van der Waals surface area contributed by atoms with Crippen LogP contribution in [0.3, 0.4) is 0 Å². The van der Waals surface area contributed by atoms with Crippen molar-refractivity contribution >= 4 is 29.2 Å². The Morgan fingerprint density at radius 3 is 2.28 bits per heavy atom.